The SMILES string of the molecule is Cc1c(CC(=O)NCC2CCC(C#N)C[N+]2=O)c(=O)[nH]c2ccc(F)c(F)c12. The number of nitroso groups, excluding NO2 is 1. The number of amides is 1. The van der Waals surface area contributed by atoms with Crippen LogP contribution in [-0.4, -0.2) is 34.8 Å². The van der Waals surface area contributed by atoms with Crippen molar-refractivity contribution in [2.75, 3.05) is 13.1 Å². The summed E-state index contributed by atoms with van der Waals surface area (Å²) in [7, 11) is 0. The lowest BCUT2D eigenvalue weighted by atomic mass is 9.95. The largest absolute Gasteiger partial charge is 0.349 e. The van der Waals surface area contributed by atoms with E-state index < -0.39 is 29.1 Å². The molecule has 1 aromatic heterocycles. The van der Waals surface area contributed by atoms with Crippen LogP contribution in [0.2, 0.25) is 0 Å². The van der Waals surface area contributed by atoms with Crippen molar-refractivity contribution < 1.29 is 18.3 Å². The number of benzene rings is 1. The maximum absolute atomic E-state index is 14.1. The summed E-state index contributed by atoms with van der Waals surface area (Å²) in [6.07, 6.45) is 0.756. The lowest BCUT2D eigenvalue weighted by Gasteiger charge is -2.18. The Bertz CT molecular complexity index is 1060. The number of nitrogens with one attached hydrogen (secondary N) is 2. The number of carbonyl (C=O) groups excluding carboxylic acids is 1. The zero-order valence-corrected chi connectivity index (χ0v) is 15.2. The number of nitriles is 1. The van der Waals surface area contributed by atoms with Crippen LogP contribution < -0.4 is 10.9 Å². The fraction of sp³-hybridized carbons (Fsp3) is 0.421. The number of H-pyrrole nitrogens is 1. The number of hydrogen-bond acceptors (Lipinski definition) is 4. The van der Waals surface area contributed by atoms with E-state index in [0.29, 0.717) is 12.8 Å². The smallest absolute Gasteiger partial charge is 0.252 e. The number of pyridine rings is 1. The van der Waals surface area contributed by atoms with Crippen molar-refractivity contribution in [1.82, 2.24) is 10.3 Å². The Hall–Kier alpha value is -3.15. The number of piperidine rings is 1. The molecule has 2 unspecified atom stereocenters. The Kier molecular flexibility index (Phi) is 5.49. The third-order valence-electron chi connectivity index (χ3n) is 5.16. The Labute approximate surface area is 158 Å². The Morgan fingerprint density at radius 2 is 2.14 bits per heavy atom. The van der Waals surface area contributed by atoms with Gasteiger partial charge in [0.1, 0.15) is 5.92 Å². The molecule has 1 fully saturated rings. The Morgan fingerprint density at radius 1 is 1.39 bits per heavy atom. The third-order valence-corrected chi connectivity index (χ3v) is 5.16. The number of nitrogens with zero attached hydrogens (tertiary/aromatic N) is 2. The van der Waals surface area contributed by atoms with Crippen molar-refractivity contribution in [3.8, 4) is 6.07 Å². The fourth-order valence-corrected chi connectivity index (χ4v) is 3.51. The summed E-state index contributed by atoms with van der Waals surface area (Å²) in [4.78, 5) is 38.9. The number of fused-ring (bicyclic) bond motifs is 1. The predicted octanol–water partition coefficient (Wildman–Crippen LogP) is 1.85. The summed E-state index contributed by atoms with van der Waals surface area (Å²) in [5.41, 5.74) is -0.152. The molecule has 28 heavy (non-hydrogen) atoms. The monoisotopic (exact) mass is 389 g/mol. The van der Waals surface area contributed by atoms with Crippen molar-refractivity contribution in [3.63, 3.8) is 0 Å². The highest BCUT2D eigenvalue weighted by Crippen LogP contribution is 2.23. The van der Waals surface area contributed by atoms with Gasteiger partial charge >= 0.3 is 0 Å². The molecule has 146 valence electrons. The summed E-state index contributed by atoms with van der Waals surface area (Å²) < 4.78 is 28.5. The molecular weight excluding hydrogens is 370 g/mol. The highest BCUT2D eigenvalue weighted by Gasteiger charge is 2.35. The third kappa shape index (κ3) is 3.76. The number of carbonyl (C=O) groups is 1. The Balaban J connectivity index is 1.73. The van der Waals surface area contributed by atoms with Crippen LogP contribution in [0.4, 0.5) is 8.78 Å². The van der Waals surface area contributed by atoms with Gasteiger partial charge in [0.15, 0.2) is 11.6 Å². The second kappa shape index (κ2) is 7.84. The first-order valence-electron chi connectivity index (χ1n) is 8.91. The van der Waals surface area contributed by atoms with E-state index in [-0.39, 0.29) is 47.5 Å². The minimum atomic E-state index is -1.08. The van der Waals surface area contributed by atoms with Crippen molar-refractivity contribution >= 4 is 16.8 Å². The van der Waals surface area contributed by atoms with Gasteiger partial charge in [0.2, 0.25) is 18.5 Å². The van der Waals surface area contributed by atoms with Crippen LogP contribution in [-0.2, 0) is 11.2 Å². The number of rotatable bonds is 4. The van der Waals surface area contributed by atoms with Gasteiger partial charge in [0.25, 0.3) is 5.56 Å². The summed E-state index contributed by atoms with van der Waals surface area (Å²) in [6, 6.07) is 3.83. The lowest BCUT2D eigenvalue weighted by molar-refractivity contribution is -0.598. The van der Waals surface area contributed by atoms with Gasteiger partial charge in [-0.25, -0.2) is 8.78 Å². The number of aromatic amines is 1. The molecule has 2 atom stereocenters. The van der Waals surface area contributed by atoms with Gasteiger partial charge in [-0.3, -0.25) is 9.59 Å². The topological polar surface area (TPSA) is 106 Å². The highest BCUT2D eigenvalue weighted by molar-refractivity contribution is 5.86. The number of hydrogen-bond donors (Lipinski definition) is 2. The molecule has 7 nitrogen and oxygen atoms in total. The molecule has 9 heteroatoms. The average Bonchev–Trinajstić information content (AvgIpc) is 2.66. The first-order chi connectivity index (χ1) is 13.3. The maximum Gasteiger partial charge on any atom is 0.252 e. The van der Waals surface area contributed by atoms with Gasteiger partial charge in [-0.1, -0.05) is 0 Å². The van der Waals surface area contributed by atoms with Gasteiger partial charge in [0, 0.05) is 27.0 Å². The molecule has 3 rings (SSSR count). The van der Waals surface area contributed by atoms with Crippen molar-refractivity contribution in [3.05, 3.63) is 50.2 Å². The molecule has 1 aliphatic heterocycles. The quantitative estimate of drug-likeness (QED) is 0.779. The molecule has 0 aliphatic carbocycles. The van der Waals surface area contributed by atoms with Crippen LogP contribution in [0.25, 0.3) is 10.9 Å². The van der Waals surface area contributed by atoms with E-state index in [1.54, 1.807) is 0 Å². The molecule has 1 aromatic carbocycles. The molecule has 1 saturated heterocycles. The number of aryl methyl sites for hydroxylation is 1. The minimum Gasteiger partial charge on any atom is -0.349 e. The molecular formula is C19H19F2N4O3+. The minimum absolute atomic E-state index is 0.0432. The summed E-state index contributed by atoms with van der Waals surface area (Å²) in [5.74, 6) is -2.93. The van der Waals surface area contributed by atoms with Gasteiger partial charge < -0.3 is 10.3 Å². The van der Waals surface area contributed by atoms with E-state index in [9.17, 15) is 23.3 Å². The van der Waals surface area contributed by atoms with Gasteiger partial charge in [0.05, 0.1) is 24.6 Å². The molecule has 0 radical (unpaired) electrons. The molecule has 0 bridgehead atoms. The predicted molar refractivity (Wildman–Crippen MR) is 96.6 cm³/mol. The molecule has 0 spiro atoms. The first kappa shape index (κ1) is 19.6. The molecule has 1 amide bonds. The van der Waals surface area contributed by atoms with E-state index in [2.05, 4.69) is 16.4 Å². The van der Waals surface area contributed by atoms with Crippen LogP contribution in [0.3, 0.4) is 0 Å². The van der Waals surface area contributed by atoms with Gasteiger partial charge in [-0.15, -0.1) is 0 Å². The summed E-state index contributed by atoms with van der Waals surface area (Å²) >= 11 is 0. The van der Waals surface area contributed by atoms with Crippen LogP contribution in [0.5, 0.6) is 0 Å². The molecule has 0 saturated carbocycles. The summed E-state index contributed by atoms with van der Waals surface area (Å²) in [5, 5.41) is 11.4. The fourth-order valence-electron chi connectivity index (χ4n) is 3.51. The van der Waals surface area contributed by atoms with Gasteiger partial charge in [-0.05, 0) is 31.0 Å². The second-order valence-corrected chi connectivity index (χ2v) is 6.98. The van der Waals surface area contributed by atoms with E-state index in [1.807, 2.05) is 0 Å². The lowest BCUT2D eigenvalue weighted by Crippen LogP contribution is -2.43. The Morgan fingerprint density at radius 3 is 2.82 bits per heavy atom. The number of halogens is 2. The zero-order valence-electron chi connectivity index (χ0n) is 15.2. The molecule has 2 aromatic rings. The average molecular weight is 389 g/mol. The van der Waals surface area contributed by atoms with Crippen LogP contribution in [0.15, 0.2) is 16.9 Å². The molecule has 2 heterocycles. The van der Waals surface area contributed by atoms with Crippen molar-refractivity contribution in [1.29, 1.82) is 5.26 Å². The van der Waals surface area contributed by atoms with Crippen molar-refractivity contribution in [2.24, 2.45) is 5.92 Å². The summed E-state index contributed by atoms with van der Waals surface area (Å²) in [6.45, 7) is 1.66. The van der Waals surface area contributed by atoms with E-state index in [0.717, 1.165) is 10.8 Å². The zero-order chi connectivity index (χ0) is 20.4. The first-order valence-corrected chi connectivity index (χ1v) is 8.91. The van der Waals surface area contributed by atoms with E-state index in [4.69, 9.17) is 5.26 Å². The maximum atomic E-state index is 14.1. The molecule has 2 N–H and O–H groups in total. The second-order valence-electron chi connectivity index (χ2n) is 6.98. The van der Waals surface area contributed by atoms with E-state index in [1.165, 1.54) is 13.0 Å². The number of aromatic nitrogens is 1. The standard InChI is InChI=1S/C19H18F2N4O3/c1-10-13(19(27)24-15-5-4-14(20)18(21)17(10)15)6-16(26)23-8-12-3-2-11(7-22)9-25(12)28/h4-5,11-12H,2-3,6,8-9H2,1H3,(H-,23,24,26,27)/p+1. The van der Waals surface area contributed by atoms with Crippen LogP contribution >= 0.6 is 0 Å². The van der Waals surface area contributed by atoms with E-state index >= 15 is 0 Å². The molecule has 1 aliphatic rings. The van der Waals surface area contributed by atoms with Crippen LogP contribution in [0.1, 0.15) is 24.0 Å². The van der Waals surface area contributed by atoms with Crippen LogP contribution in [0, 0.1) is 40.7 Å². The van der Waals surface area contributed by atoms with Gasteiger partial charge in [-0.2, -0.15) is 5.26 Å². The normalized spacial score (nSPS) is 19.4. The highest BCUT2D eigenvalue weighted by atomic mass is 19.2. The van der Waals surface area contributed by atoms with Crippen molar-refractivity contribution in [2.45, 2.75) is 32.2 Å².